The lowest BCUT2D eigenvalue weighted by Crippen LogP contribution is -2.26. The number of halogens is 2. The Morgan fingerprint density at radius 3 is 2.30 bits per heavy atom. The highest BCUT2D eigenvalue weighted by Gasteiger charge is 2.11. The average Bonchev–Trinajstić information content (AvgIpc) is 2.35. The molecule has 0 fully saturated rings. The van der Waals surface area contributed by atoms with Crippen LogP contribution in [0, 0.1) is 0 Å². The van der Waals surface area contributed by atoms with E-state index in [1.54, 1.807) is 37.1 Å². The fourth-order valence-electron chi connectivity index (χ4n) is 1.67. The molecule has 0 atom stereocenters. The van der Waals surface area contributed by atoms with Crippen LogP contribution in [-0.4, -0.2) is 32.0 Å². The number of anilines is 1. The minimum Gasteiger partial charge on any atom is -0.466 e. The number of benzene rings is 1. The van der Waals surface area contributed by atoms with Gasteiger partial charge in [-0.15, -0.1) is 0 Å². The zero-order chi connectivity index (χ0) is 15.1. The molecular weight excluding hydrogens is 301 g/mol. The highest BCUT2D eigenvalue weighted by atomic mass is 35.5. The first-order valence-electron chi connectivity index (χ1n) is 6.27. The van der Waals surface area contributed by atoms with Crippen molar-refractivity contribution in [2.24, 2.45) is 0 Å². The van der Waals surface area contributed by atoms with E-state index in [2.05, 4.69) is 0 Å². The molecule has 1 aromatic rings. The van der Waals surface area contributed by atoms with Crippen molar-refractivity contribution >= 4 is 40.6 Å². The summed E-state index contributed by atoms with van der Waals surface area (Å²) in [5, 5.41) is 1.02. The van der Waals surface area contributed by atoms with Gasteiger partial charge in [-0.2, -0.15) is 0 Å². The summed E-state index contributed by atoms with van der Waals surface area (Å²) in [6.45, 7) is 2.25. The molecule has 0 heterocycles. The fourth-order valence-corrected chi connectivity index (χ4v) is 2.18. The third-order valence-corrected chi connectivity index (χ3v) is 3.05. The van der Waals surface area contributed by atoms with Crippen LogP contribution in [0.15, 0.2) is 18.2 Å². The highest BCUT2D eigenvalue weighted by Crippen LogP contribution is 2.24. The van der Waals surface area contributed by atoms with Crippen molar-refractivity contribution in [1.29, 1.82) is 0 Å². The normalized spacial score (nSPS) is 10.2. The number of carbonyl (C=O) groups excluding carboxylic acids is 2. The number of Topliss-reactive ketones (excluding diaryl/α,β-unsaturated/α-hetero) is 1. The van der Waals surface area contributed by atoms with E-state index in [1.807, 2.05) is 0 Å². The molecule has 0 bridgehead atoms. The highest BCUT2D eigenvalue weighted by molar-refractivity contribution is 6.35. The summed E-state index contributed by atoms with van der Waals surface area (Å²) < 4.78 is 4.77. The van der Waals surface area contributed by atoms with Gasteiger partial charge in [0.1, 0.15) is 0 Å². The van der Waals surface area contributed by atoms with Crippen molar-refractivity contribution in [2.45, 2.75) is 19.8 Å². The molecule has 0 radical (unpaired) electrons. The second-order valence-corrected chi connectivity index (χ2v) is 5.20. The van der Waals surface area contributed by atoms with Gasteiger partial charge in [-0.25, -0.2) is 0 Å². The van der Waals surface area contributed by atoms with E-state index in [1.165, 1.54) is 0 Å². The first-order valence-corrected chi connectivity index (χ1v) is 7.02. The van der Waals surface area contributed by atoms with Crippen molar-refractivity contribution in [3.05, 3.63) is 28.2 Å². The lowest BCUT2D eigenvalue weighted by atomic mass is 10.2. The van der Waals surface area contributed by atoms with Gasteiger partial charge >= 0.3 is 5.97 Å². The van der Waals surface area contributed by atoms with Gasteiger partial charge in [-0.3, -0.25) is 9.59 Å². The average molecular weight is 318 g/mol. The maximum Gasteiger partial charge on any atom is 0.306 e. The van der Waals surface area contributed by atoms with Crippen LogP contribution in [0.3, 0.4) is 0 Å². The SMILES string of the molecule is CCOC(=O)CCC(=O)CN(C)c1cc(Cl)cc(Cl)c1. The summed E-state index contributed by atoms with van der Waals surface area (Å²) in [5.41, 5.74) is 0.756. The van der Waals surface area contributed by atoms with Gasteiger partial charge in [-0.05, 0) is 25.1 Å². The van der Waals surface area contributed by atoms with Crippen LogP contribution in [0.1, 0.15) is 19.8 Å². The summed E-state index contributed by atoms with van der Waals surface area (Å²) >= 11 is 11.8. The smallest absolute Gasteiger partial charge is 0.306 e. The predicted molar refractivity (Wildman–Crippen MR) is 80.6 cm³/mol. The number of nitrogens with zero attached hydrogens (tertiary/aromatic N) is 1. The quantitative estimate of drug-likeness (QED) is 0.724. The number of ketones is 1. The van der Waals surface area contributed by atoms with Gasteiger partial charge in [0.2, 0.25) is 0 Å². The van der Waals surface area contributed by atoms with Crippen molar-refractivity contribution < 1.29 is 14.3 Å². The second kappa shape index (κ2) is 8.12. The van der Waals surface area contributed by atoms with Crippen molar-refractivity contribution in [3.8, 4) is 0 Å². The third-order valence-electron chi connectivity index (χ3n) is 2.61. The number of carbonyl (C=O) groups is 2. The minimum absolute atomic E-state index is 0.0448. The molecule has 0 aliphatic heterocycles. The second-order valence-electron chi connectivity index (χ2n) is 4.33. The number of hydrogen-bond acceptors (Lipinski definition) is 4. The van der Waals surface area contributed by atoms with Gasteiger partial charge in [0, 0.05) is 29.2 Å². The maximum atomic E-state index is 11.8. The van der Waals surface area contributed by atoms with Gasteiger partial charge in [0.25, 0.3) is 0 Å². The van der Waals surface area contributed by atoms with Crippen LogP contribution in [0.4, 0.5) is 5.69 Å². The van der Waals surface area contributed by atoms with Crippen LogP contribution in [0.5, 0.6) is 0 Å². The molecule has 0 amide bonds. The predicted octanol–water partition coefficient (Wildman–Crippen LogP) is 3.34. The first kappa shape index (κ1) is 16.8. The Balaban J connectivity index is 2.50. The van der Waals surface area contributed by atoms with E-state index in [-0.39, 0.29) is 31.1 Å². The lowest BCUT2D eigenvalue weighted by Gasteiger charge is -2.19. The van der Waals surface area contributed by atoms with Crippen LogP contribution < -0.4 is 4.90 Å². The van der Waals surface area contributed by atoms with Crippen LogP contribution >= 0.6 is 23.2 Å². The van der Waals surface area contributed by atoms with Crippen molar-refractivity contribution in [1.82, 2.24) is 0 Å². The Morgan fingerprint density at radius 1 is 1.15 bits per heavy atom. The van der Waals surface area contributed by atoms with Gasteiger partial charge < -0.3 is 9.64 Å². The van der Waals surface area contributed by atoms with Crippen molar-refractivity contribution in [3.63, 3.8) is 0 Å². The van der Waals surface area contributed by atoms with E-state index >= 15 is 0 Å². The molecule has 1 rings (SSSR count). The molecule has 0 aromatic heterocycles. The van der Waals surface area contributed by atoms with Crippen LogP contribution in [0.25, 0.3) is 0 Å². The molecule has 1 aromatic carbocycles. The summed E-state index contributed by atoms with van der Waals surface area (Å²) in [4.78, 5) is 24.7. The monoisotopic (exact) mass is 317 g/mol. The summed E-state index contributed by atoms with van der Waals surface area (Å²) in [6, 6.07) is 5.08. The Hall–Kier alpha value is -1.26. The Kier molecular flexibility index (Phi) is 6.82. The molecule has 0 spiro atoms. The molecule has 110 valence electrons. The maximum absolute atomic E-state index is 11.8. The fraction of sp³-hybridized carbons (Fsp3) is 0.429. The number of hydrogen-bond donors (Lipinski definition) is 0. The third kappa shape index (κ3) is 5.80. The van der Waals surface area contributed by atoms with Crippen LogP contribution in [0.2, 0.25) is 10.0 Å². The zero-order valence-electron chi connectivity index (χ0n) is 11.5. The lowest BCUT2D eigenvalue weighted by molar-refractivity contribution is -0.144. The van der Waals surface area contributed by atoms with Crippen molar-refractivity contribution in [2.75, 3.05) is 25.1 Å². The summed E-state index contributed by atoms with van der Waals surface area (Å²) in [7, 11) is 1.77. The summed E-state index contributed by atoms with van der Waals surface area (Å²) in [5.74, 6) is -0.397. The largest absolute Gasteiger partial charge is 0.466 e. The molecule has 6 heteroatoms. The summed E-state index contributed by atoms with van der Waals surface area (Å²) in [6.07, 6.45) is 0.272. The molecule has 0 unspecified atom stereocenters. The molecule has 0 saturated carbocycles. The number of ether oxygens (including phenoxy) is 1. The van der Waals surface area contributed by atoms with E-state index in [4.69, 9.17) is 27.9 Å². The molecule has 0 aliphatic carbocycles. The standard InChI is InChI=1S/C14H17Cl2NO3/c1-3-20-14(19)5-4-13(18)9-17(2)12-7-10(15)6-11(16)8-12/h6-8H,3-5,9H2,1-2H3. The number of esters is 1. The van der Waals surface area contributed by atoms with Gasteiger partial charge in [0.05, 0.1) is 19.6 Å². The van der Waals surface area contributed by atoms with Gasteiger partial charge in [-0.1, -0.05) is 23.2 Å². The van der Waals surface area contributed by atoms with Gasteiger partial charge in [0.15, 0.2) is 5.78 Å². The molecule has 0 saturated heterocycles. The van der Waals surface area contributed by atoms with E-state index in [0.29, 0.717) is 16.7 Å². The molecule has 0 N–H and O–H groups in total. The van der Waals surface area contributed by atoms with E-state index in [9.17, 15) is 9.59 Å². The molecular formula is C14H17Cl2NO3. The number of rotatable bonds is 7. The first-order chi connectivity index (χ1) is 9.42. The Bertz CT molecular complexity index is 471. The van der Waals surface area contributed by atoms with E-state index in [0.717, 1.165) is 5.69 Å². The number of likely N-dealkylation sites (N-methyl/N-ethyl adjacent to an activating group) is 1. The molecule has 20 heavy (non-hydrogen) atoms. The Morgan fingerprint density at radius 2 is 1.75 bits per heavy atom. The molecule has 0 aliphatic rings. The topological polar surface area (TPSA) is 46.6 Å². The van der Waals surface area contributed by atoms with E-state index < -0.39 is 0 Å². The minimum atomic E-state index is -0.352. The zero-order valence-corrected chi connectivity index (χ0v) is 13.0. The Labute approximate surface area is 128 Å². The molecule has 4 nitrogen and oxygen atoms in total. The van der Waals surface area contributed by atoms with Crippen LogP contribution in [-0.2, 0) is 14.3 Å².